The van der Waals surface area contributed by atoms with Crippen molar-refractivity contribution >= 4 is 33.3 Å². The lowest BCUT2D eigenvalue weighted by atomic mass is 9.97. The molecular weight excluding hydrogens is 465 g/mol. The third-order valence-electron chi connectivity index (χ3n) is 5.87. The fraction of sp³-hybridized carbons (Fsp3) is 0.280. The quantitative estimate of drug-likeness (QED) is 0.231. The average molecular weight is 487 g/mol. The van der Waals surface area contributed by atoms with Gasteiger partial charge in [0.25, 0.3) is 5.56 Å². The molecule has 0 bridgehead atoms. The first-order valence-electron chi connectivity index (χ1n) is 10.7. The summed E-state index contributed by atoms with van der Waals surface area (Å²) in [6.07, 6.45) is -0.361. The predicted octanol–water partition coefficient (Wildman–Crippen LogP) is 6.95. The minimum Gasteiger partial charge on any atom is -0.268 e. The number of alkyl halides is 3. The first-order chi connectivity index (χ1) is 15.8. The predicted molar refractivity (Wildman–Crippen MR) is 128 cm³/mol. The largest absolute Gasteiger partial charge is 0.416 e. The Morgan fingerprint density at radius 2 is 1.85 bits per heavy atom. The molecule has 0 fully saturated rings. The van der Waals surface area contributed by atoms with E-state index >= 15 is 0 Å². The molecule has 33 heavy (non-hydrogen) atoms. The van der Waals surface area contributed by atoms with Gasteiger partial charge in [-0.05, 0) is 61.9 Å². The first-order valence-corrected chi connectivity index (χ1v) is 12.5. The zero-order chi connectivity index (χ0) is 23.2. The Balaban J connectivity index is 1.61. The maximum absolute atomic E-state index is 13.7. The molecule has 0 spiro atoms. The summed E-state index contributed by atoms with van der Waals surface area (Å²) in [7, 11) is 0. The van der Waals surface area contributed by atoms with Crippen LogP contribution in [0.5, 0.6) is 0 Å². The highest BCUT2D eigenvalue weighted by Gasteiger charge is 2.30. The maximum atomic E-state index is 13.7. The van der Waals surface area contributed by atoms with Gasteiger partial charge in [0.15, 0.2) is 5.16 Å². The monoisotopic (exact) mass is 486 g/mol. The van der Waals surface area contributed by atoms with E-state index in [4.69, 9.17) is 4.98 Å². The fourth-order valence-corrected chi connectivity index (χ4v) is 6.45. The summed E-state index contributed by atoms with van der Waals surface area (Å²) in [6.45, 7) is 1.98. The van der Waals surface area contributed by atoms with Gasteiger partial charge in [0.05, 0.1) is 16.6 Å². The molecule has 0 saturated carbocycles. The van der Waals surface area contributed by atoms with Gasteiger partial charge in [-0.1, -0.05) is 47.7 Å². The van der Waals surface area contributed by atoms with Gasteiger partial charge in [0.1, 0.15) is 4.83 Å². The van der Waals surface area contributed by atoms with E-state index in [2.05, 4.69) is 0 Å². The Morgan fingerprint density at radius 3 is 2.61 bits per heavy atom. The Morgan fingerprint density at radius 1 is 1.09 bits per heavy atom. The Kier molecular flexibility index (Phi) is 5.82. The molecule has 4 aromatic rings. The van der Waals surface area contributed by atoms with Crippen LogP contribution in [0.4, 0.5) is 13.2 Å². The zero-order valence-electron chi connectivity index (χ0n) is 17.9. The van der Waals surface area contributed by atoms with E-state index in [9.17, 15) is 18.0 Å². The molecule has 1 aliphatic rings. The molecule has 0 aliphatic heterocycles. The number of aryl methyl sites for hydroxylation is 3. The molecule has 1 aliphatic carbocycles. The number of thioether (sulfide) groups is 1. The van der Waals surface area contributed by atoms with Crippen LogP contribution >= 0.6 is 23.1 Å². The number of nitrogens with zero attached hydrogens (tertiary/aromatic N) is 2. The molecule has 0 N–H and O–H groups in total. The summed E-state index contributed by atoms with van der Waals surface area (Å²) in [6, 6.07) is 13.0. The molecule has 170 valence electrons. The molecular formula is C25H21F3N2OS2. The number of hydrogen-bond acceptors (Lipinski definition) is 4. The Bertz CT molecular complexity index is 1390. The fourth-order valence-electron chi connectivity index (χ4n) is 4.19. The SMILES string of the molecule is Cc1ccc(-n2c(SCc3cccc(C(F)(F)F)c3)nc3sc4c(c3c2=O)CCCC4)cc1. The van der Waals surface area contributed by atoms with Crippen molar-refractivity contribution in [3.05, 3.63) is 86.0 Å². The van der Waals surface area contributed by atoms with Crippen LogP contribution in [0.3, 0.4) is 0 Å². The van der Waals surface area contributed by atoms with E-state index in [1.165, 1.54) is 22.7 Å². The minimum absolute atomic E-state index is 0.102. The van der Waals surface area contributed by atoms with Crippen molar-refractivity contribution in [2.45, 2.75) is 49.7 Å². The topological polar surface area (TPSA) is 34.9 Å². The van der Waals surface area contributed by atoms with Crippen LogP contribution in [0.1, 0.15) is 40.0 Å². The van der Waals surface area contributed by atoms with E-state index in [0.29, 0.717) is 21.8 Å². The number of aromatic nitrogens is 2. The van der Waals surface area contributed by atoms with Gasteiger partial charge in [-0.25, -0.2) is 4.98 Å². The summed E-state index contributed by atoms with van der Waals surface area (Å²) in [5, 5.41) is 1.19. The van der Waals surface area contributed by atoms with E-state index in [0.717, 1.165) is 53.8 Å². The molecule has 2 aromatic heterocycles. The number of thiophene rings is 1. The van der Waals surface area contributed by atoms with Crippen LogP contribution < -0.4 is 5.56 Å². The van der Waals surface area contributed by atoms with Crippen LogP contribution in [0.15, 0.2) is 58.5 Å². The number of benzene rings is 2. The lowest BCUT2D eigenvalue weighted by molar-refractivity contribution is -0.137. The number of fused-ring (bicyclic) bond motifs is 3. The lowest BCUT2D eigenvalue weighted by Crippen LogP contribution is -2.22. The molecule has 0 amide bonds. The molecule has 0 unspecified atom stereocenters. The molecule has 5 rings (SSSR count). The van der Waals surface area contributed by atoms with Crippen molar-refractivity contribution in [3.63, 3.8) is 0 Å². The molecule has 0 radical (unpaired) electrons. The van der Waals surface area contributed by atoms with Crippen LogP contribution in [0.25, 0.3) is 15.9 Å². The van der Waals surface area contributed by atoms with Crippen molar-refractivity contribution in [2.24, 2.45) is 0 Å². The highest BCUT2D eigenvalue weighted by molar-refractivity contribution is 7.98. The third kappa shape index (κ3) is 4.34. The molecule has 2 aromatic carbocycles. The summed E-state index contributed by atoms with van der Waals surface area (Å²) < 4.78 is 41.0. The second-order valence-corrected chi connectivity index (χ2v) is 10.3. The molecule has 3 nitrogen and oxygen atoms in total. The smallest absolute Gasteiger partial charge is 0.268 e. The van der Waals surface area contributed by atoms with Gasteiger partial charge in [-0.15, -0.1) is 11.3 Å². The summed E-state index contributed by atoms with van der Waals surface area (Å²) in [4.78, 5) is 20.5. The van der Waals surface area contributed by atoms with E-state index in [1.807, 2.05) is 31.2 Å². The van der Waals surface area contributed by atoms with Gasteiger partial charge >= 0.3 is 6.18 Å². The molecule has 0 saturated heterocycles. The summed E-state index contributed by atoms with van der Waals surface area (Å²) in [5.74, 6) is 0.277. The van der Waals surface area contributed by atoms with Gasteiger partial charge < -0.3 is 0 Å². The van der Waals surface area contributed by atoms with Crippen molar-refractivity contribution in [3.8, 4) is 5.69 Å². The second-order valence-electron chi connectivity index (χ2n) is 8.25. The Labute approximate surface area is 197 Å². The zero-order valence-corrected chi connectivity index (χ0v) is 19.5. The van der Waals surface area contributed by atoms with Crippen molar-refractivity contribution in [2.75, 3.05) is 0 Å². The lowest BCUT2D eigenvalue weighted by Gasteiger charge is -2.14. The summed E-state index contributed by atoms with van der Waals surface area (Å²) >= 11 is 2.86. The minimum atomic E-state index is -4.39. The van der Waals surface area contributed by atoms with E-state index in [-0.39, 0.29) is 11.3 Å². The molecule has 2 heterocycles. The first kappa shape index (κ1) is 22.2. The van der Waals surface area contributed by atoms with Gasteiger partial charge in [0.2, 0.25) is 0 Å². The number of hydrogen-bond donors (Lipinski definition) is 0. The van der Waals surface area contributed by atoms with Crippen LogP contribution in [-0.4, -0.2) is 9.55 Å². The summed E-state index contributed by atoms with van der Waals surface area (Å²) in [5.41, 5.74) is 2.66. The van der Waals surface area contributed by atoms with Crippen molar-refractivity contribution in [1.82, 2.24) is 9.55 Å². The Hall–Kier alpha value is -2.58. The highest BCUT2D eigenvalue weighted by atomic mass is 32.2. The number of halogens is 3. The van der Waals surface area contributed by atoms with Crippen molar-refractivity contribution in [1.29, 1.82) is 0 Å². The van der Waals surface area contributed by atoms with Crippen LogP contribution in [0, 0.1) is 6.92 Å². The van der Waals surface area contributed by atoms with Crippen molar-refractivity contribution < 1.29 is 13.2 Å². The molecule has 8 heteroatoms. The standard InChI is InChI=1S/C25H21F3N2OS2/c1-15-9-11-18(12-10-15)30-23(31)21-19-7-2-3-8-20(19)33-22(21)29-24(30)32-14-16-5-4-6-17(13-16)25(26,27)28/h4-6,9-13H,2-3,7-8,14H2,1H3. The van der Waals surface area contributed by atoms with Crippen LogP contribution in [0.2, 0.25) is 0 Å². The highest BCUT2D eigenvalue weighted by Crippen LogP contribution is 2.36. The number of rotatable bonds is 4. The van der Waals surface area contributed by atoms with E-state index in [1.54, 1.807) is 22.0 Å². The average Bonchev–Trinajstić information content (AvgIpc) is 3.17. The normalized spacial score (nSPS) is 13.9. The second kappa shape index (κ2) is 8.65. The van der Waals surface area contributed by atoms with Gasteiger partial charge in [0, 0.05) is 10.6 Å². The molecule has 0 atom stereocenters. The third-order valence-corrected chi connectivity index (χ3v) is 8.07. The van der Waals surface area contributed by atoms with Crippen LogP contribution in [-0.2, 0) is 24.8 Å². The maximum Gasteiger partial charge on any atom is 0.416 e. The van der Waals surface area contributed by atoms with E-state index < -0.39 is 11.7 Å². The van der Waals surface area contributed by atoms with Gasteiger partial charge in [-0.3, -0.25) is 9.36 Å². The van der Waals surface area contributed by atoms with Gasteiger partial charge in [-0.2, -0.15) is 13.2 Å².